The summed E-state index contributed by atoms with van der Waals surface area (Å²) in [6, 6.07) is 5.90. The number of aromatic nitrogens is 4. The van der Waals surface area contributed by atoms with Crippen LogP contribution in [0.15, 0.2) is 24.4 Å². The predicted octanol–water partition coefficient (Wildman–Crippen LogP) is 2.82. The number of alkyl halides is 2. The van der Waals surface area contributed by atoms with E-state index in [0.717, 1.165) is 22.1 Å². The van der Waals surface area contributed by atoms with Gasteiger partial charge in [0.25, 0.3) is 5.92 Å². The van der Waals surface area contributed by atoms with Gasteiger partial charge in [-0.2, -0.15) is 0 Å². The minimum Gasteiger partial charge on any atom is -0.354 e. The lowest BCUT2D eigenvalue weighted by Gasteiger charge is -2.32. The number of nitrogens with zero attached hydrogens (tertiary/aromatic N) is 5. The van der Waals surface area contributed by atoms with Gasteiger partial charge in [-0.05, 0) is 24.6 Å². The first-order chi connectivity index (χ1) is 10.5. The molecular weight excluding hydrogens is 288 g/mol. The Hall–Kier alpha value is -2.31. The second-order valence-corrected chi connectivity index (χ2v) is 5.80. The predicted molar refractivity (Wildman–Crippen MR) is 79.4 cm³/mol. The first kappa shape index (κ1) is 13.4. The molecule has 0 aliphatic carbocycles. The van der Waals surface area contributed by atoms with Crippen molar-refractivity contribution in [1.82, 2.24) is 19.8 Å². The third kappa shape index (κ3) is 2.08. The van der Waals surface area contributed by atoms with E-state index >= 15 is 0 Å². The summed E-state index contributed by atoms with van der Waals surface area (Å²) in [4.78, 5) is 6.57. The standard InChI is InChI=1S/C15H15F2N5/c1-10-2-3-11-12(8-10)22-13(9-18-20-22)14(19-11)21-6-4-15(16,17)5-7-21/h2-3,8-9H,4-7H2,1H3. The Morgan fingerprint density at radius 1 is 1.14 bits per heavy atom. The van der Waals surface area contributed by atoms with E-state index in [0.29, 0.717) is 5.82 Å². The molecule has 0 saturated carbocycles. The fraction of sp³-hybridized carbons (Fsp3) is 0.400. The van der Waals surface area contributed by atoms with Crippen molar-refractivity contribution in [3.63, 3.8) is 0 Å². The van der Waals surface area contributed by atoms with Crippen LogP contribution in [0.2, 0.25) is 0 Å². The van der Waals surface area contributed by atoms with Gasteiger partial charge in [-0.25, -0.2) is 18.3 Å². The normalized spacial score (nSPS) is 18.2. The van der Waals surface area contributed by atoms with Crippen LogP contribution in [0.25, 0.3) is 16.6 Å². The van der Waals surface area contributed by atoms with Gasteiger partial charge in [0.2, 0.25) is 0 Å². The molecule has 22 heavy (non-hydrogen) atoms. The number of rotatable bonds is 1. The van der Waals surface area contributed by atoms with Gasteiger partial charge in [-0.3, -0.25) is 0 Å². The molecule has 0 amide bonds. The summed E-state index contributed by atoms with van der Waals surface area (Å²) in [5, 5.41) is 8.09. The summed E-state index contributed by atoms with van der Waals surface area (Å²) < 4.78 is 28.5. The van der Waals surface area contributed by atoms with E-state index in [1.807, 2.05) is 30.0 Å². The Morgan fingerprint density at radius 3 is 2.68 bits per heavy atom. The number of piperidine rings is 1. The molecule has 0 spiro atoms. The Morgan fingerprint density at radius 2 is 1.91 bits per heavy atom. The molecule has 3 aromatic rings. The van der Waals surface area contributed by atoms with Crippen molar-refractivity contribution in [2.75, 3.05) is 18.0 Å². The first-order valence-corrected chi connectivity index (χ1v) is 7.27. The quantitative estimate of drug-likeness (QED) is 0.693. The van der Waals surface area contributed by atoms with Gasteiger partial charge in [0.1, 0.15) is 5.52 Å². The van der Waals surface area contributed by atoms with E-state index in [1.165, 1.54) is 0 Å². The Balaban J connectivity index is 1.86. The van der Waals surface area contributed by atoms with E-state index in [9.17, 15) is 8.78 Å². The average molecular weight is 303 g/mol. The maximum absolute atomic E-state index is 13.4. The van der Waals surface area contributed by atoms with Crippen LogP contribution < -0.4 is 4.90 Å². The van der Waals surface area contributed by atoms with Crippen molar-refractivity contribution in [1.29, 1.82) is 0 Å². The van der Waals surface area contributed by atoms with E-state index < -0.39 is 5.92 Å². The largest absolute Gasteiger partial charge is 0.354 e. The lowest BCUT2D eigenvalue weighted by atomic mass is 10.1. The lowest BCUT2D eigenvalue weighted by Crippen LogP contribution is -2.40. The van der Waals surface area contributed by atoms with Gasteiger partial charge in [-0.1, -0.05) is 11.3 Å². The third-order valence-electron chi connectivity index (χ3n) is 4.16. The van der Waals surface area contributed by atoms with Gasteiger partial charge in [0.05, 0.1) is 17.2 Å². The van der Waals surface area contributed by atoms with Gasteiger partial charge < -0.3 is 4.90 Å². The third-order valence-corrected chi connectivity index (χ3v) is 4.16. The fourth-order valence-electron chi connectivity index (χ4n) is 2.91. The van der Waals surface area contributed by atoms with Crippen molar-refractivity contribution in [2.45, 2.75) is 25.7 Å². The van der Waals surface area contributed by atoms with Crippen molar-refractivity contribution in [2.24, 2.45) is 0 Å². The molecule has 1 aromatic carbocycles. The smallest absolute Gasteiger partial charge is 0.251 e. The summed E-state index contributed by atoms with van der Waals surface area (Å²) in [7, 11) is 0. The maximum Gasteiger partial charge on any atom is 0.251 e. The van der Waals surface area contributed by atoms with Crippen LogP contribution in [0.4, 0.5) is 14.6 Å². The zero-order valence-corrected chi connectivity index (χ0v) is 12.1. The molecule has 3 heterocycles. The second-order valence-electron chi connectivity index (χ2n) is 5.80. The molecule has 7 heteroatoms. The van der Waals surface area contributed by atoms with Crippen molar-refractivity contribution in [3.8, 4) is 0 Å². The van der Waals surface area contributed by atoms with Crippen LogP contribution in [0.5, 0.6) is 0 Å². The molecular formula is C15H15F2N5. The Kier molecular flexibility index (Phi) is 2.79. The van der Waals surface area contributed by atoms with Crippen LogP contribution >= 0.6 is 0 Å². The van der Waals surface area contributed by atoms with Gasteiger partial charge in [-0.15, -0.1) is 5.10 Å². The second kappa shape index (κ2) is 4.59. The summed E-state index contributed by atoms with van der Waals surface area (Å²) in [5.41, 5.74) is 3.52. The minimum absolute atomic E-state index is 0.145. The molecule has 5 nitrogen and oxygen atoms in total. The molecule has 0 N–H and O–H groups in total. The van der Waals surface area contributed by atoms with Crippen LogP contribution in [-0.4, -0.2) is 38.8 Å². The Bertz CT molecular complexity index is 848. The zero-order valence-electron chi connectivity index (χ0n) is 12.1. The highest BCUT2D eigenvalue weighted by molar-refractivity contribution is 5.84. The van der Waals surface area contributed by atoms with E-state index in [2.05, 4.69) is 15.3 Å². The molecule has 0 atom stereocenters. The van der Waals surface area contributed by atoms with Crippen LogP contribution in [0.3, 0.4) is 0 Å². The first-order valence-electron chi connectivity index (χ1n) is 7.27. The summed E-state index contributed by atoms with van der Waals surface area (Å²) in [5.74, 6) is -1.89. The monoisotopic (exact) mass is 303 g/mol. The lowest BCUT2D eigenvalue weighted by molar-refractivity contribution is -0.0221. The molecule has 1 saturated heterocycles. The summed E-state index contributed by atoms with van der Waals surface area (Å²) in [6.07, 6.45) is 1.35. The van der Waals surface area contributed by atoms with Gasteiger partial charge in [0.15, 0.2) is 5.82 Å². The van der Waals surface area contributed by atoms with Crippen molar-refractivity contribution < 1.29 is 8.78 Å². The Labute approximate surface area is 125 Å². The zero-order chi connectivity index (χ0) is 15.3. The number of benzene rings is 1. The number of anilines is 1. The summed E-state index contributed by atoms with van der Waals surface area (Å²) >= 11 is 0. The molecule has 1 fully saturated rings. The van der Waals surface area contributed by atoms with Crippen LogP contribution in [-0.2, 0) is 0 Å². The number of halogens is 2. The number of hydrogen-bond donors (Lipinski definition) is 0. The molecule has 114 valence electrons. The van der Waals surface area contributed by atoms with E-state index in [-0.39, 0.29) is 25.9 Å². The number of fused-ring (bicyclic) bond motifs is 3. The summed E-state index contributed by atoms with van der Waals surface area (Å²) in [6.45, 7) is 2.58. The van der Waals surface area contributed by atoms with Crippen molar-refractivity contribution in [3.05, 3.63) is 30.0 Å². The van der Waals surface area contributed by atoms with Gasteiger partial charge >= 0.3 is 0 Å². The average Bonchev–Trinajstić information content (AvgIpc) is 2.97. The highest BCUT2D eigenvalue weighted by atomic mass is 19.3. The molecule has 0 bridgehead atoms. The number of hydrogen-bond acceptors (Lipinski definition) is 4. The van der Waals surface area contributed by atoms with E-state index in [1.54, 1.807) is 10.7 Å². The molecule has 1 aliphatic heterocycles. The van der Waals surface area contributed by atoms with Crippen molar-refractivity contribution >= 4 is 22.4 Å². The molecule has 1 aliphatic rings. The highest BCUT2D eigenvalue weighted by Crippen LogP contribution is 2.32. The number of aryl methyl sites for hydroxylation is 1. The molecule has 4 rings (SSSR count). The maximum atomic E-state index is 13.4. The molecule has 0 unspecified atom stereocenters. The SMILES string of the molecule is Cc1ccc2nc(N3CCC(F)(F)CC3)c3cnnn3c2c1. The minimum atomic E-state index is -2.57. The molecule has 2 aromatic heterocycles. The topological polar surface area (TPSA) is 46.3 Å². The highest BCUT2D eigenvalue weighted by Gasteiger charge is 2.35. The molecule has 0 radical (unpaired) electrons. The van der Waals surface area contributed by atoms with Crippen LogP contribution in [0.1, 0.15) is 18.4 Å². The van der Waals surface area contributed by atoms with Gasteiger partial charge in [0, 0.05) is 25.9 Å². The fourth-order valence-corrected chi connectivity index (χ4v) is 2.91. The van der Waals surface area contributed by atoms with E-state index in [4.69, 9.17) is 0 Å². The van der Waals surface area contributed by atoms with Crippen LogP contribution in [0, 0.1) is 6.92 Å².